The lowest BCUT2D eigenvalue weighted by atomic mass is 10.1. The van der Waals surface area contributed by atoms with Crippen molar-refractivity contribution >= 4 is 23.2 Å². The van der Waals surface area contributed by atoms with Crippen molar-refractivity contribution in [3.63, 3.8) is 0 Å². The number of amides is 2. The first-order valence-electron chi connectivity index (χ1n) is 9.91. The van der Waals surface area contributed by atoms with Crippen LogP contribution in [0.4, 0.5) is 0 Å². The van der Waals surface area contributed by atoms with E-state index < -0.39 is 0 Å². The molecule has 4 rings (SSSR count). The van der Waals surface area contributed by atoms with Gasteiger partial charge in [-0.3, -0.25) is 9.59 Å². The molecule has 1 aliphatic rings. The van der Waals surface area contributed by atoms with Gasteiger partial charge in [-0.05, 0) is 35.6 Å². The van der Waals surface area contributed by atoms with Crippen LogP contribution in [0, 0.1) is 0 Å². The van der Waals surface area contributed by atoms with E-state index in [-0.39, 0.29) is 17.9 Å². The zero-order valence-electron chi connectivity index (χ0n) is 16.5. The summed E-state index contributed by atoms with van der Waals surface area (Å²) in [4.78, 5) is 31.0. The van der Waals surface area contributed by atoms with E-state index in [0.717, 1.165) is 21.6 Å². The summed E-state index contributed by atoms with van der Waals surface area (Å²) in [5, 5.41) is 2.00. The molecule has 0 radical (unpaired) electrons. The molecule has 148 valence electrons. The number of nitrogens with zero attached hydrogens (tertiary/aromatic N) is 2. The lowest BCUT2D eigenvalue weighted by Gasteiger charge is -2.29. The molecule has 1 atom stereocenters. The number of rotatable bonds is 7. The molecule has 0 N–H and O–H groups in total. The van der Waals surface area contributed by atoms with Gasteiger partial charge < -0.3 is 9.80 Å². The Morgan fingerprint density at radius 2 is 1.83 bits per heavy atom. The van der Waals surface area contributed by atoms with Gasteiger partial charge in [-0.15, -0.1) is 11.3 Å². The van der Waals surface area contributed by atoms with Gasteiger partial charge in [0.2, 0.25) is 5.91 Å². The summed E-state index contributed by atoms with van der Waals surface area (Å²) < 4.78 is 0. The van der Waals surface area contributed by atoms with Crippen molar-refractivity contribution in [1.82, 2.24) is 9.80 Å². The Morgan fingerprint density at radius 3 is 2.52 bits per heavy atom. The third-order valence-corrected chi connectivity index (χ3v) is 6.39. The topological polar surface area (TPSA) is 40.6 Å². The van der Waals surface area contributed by atoms with E-state index in [1.807, 2.05) is 88.8 Å². The smallest absolute Gasteiger partial charge is 0.255 e. The summed E-state index contributed by atoms with van der Waals surface area (Å²) in [6.07, 6.45) is 0.293. The zero-order valence-corrected chi connectivity index (χ0v) is 17.3. The lowest BCUT2D eigenvalue weighted by molar-refractivity contribution is -0.132. The molecule has 5 heteroatoms. The Morgan fingerprint density at radius 1 is 1.07 bits per heavy atom. The number of fused-ring (bicyclic) bond motifs is 1. The summed E-state index contributed by atoms with van der Waals surface area (Å²) in [6.45, 7) is 3.77. The standard InChI is InChI=1S/C24H24N2O2S/c1-2-25(16-18-9-4-3-5-10-18)23(27)15-21(22-13-8-14-29-22)26-17-19-11-6-7-12-20(19)24(26)28/h3-14,21H,2,15-17H2,1H3/t21-/m1/s1. The van der Waals surface area contributed by atoms with Crippen LogP contribution in [0.25, 0.3) is 0 Å². The first-order chi connectivity index (χ1) is 14.2. The average molecular weight is 405 g/mol. The molecule has 29 heavy (non-hydrogen) atoms. The highest BCUT2D eigenvalue weighted by atomic mass is 32.1. The van der Waals surface area contributed by atoms with Crippen LogP contribution in [-0.4, -0.2) is 28.2 Å². The fraction of sp³-hybridized carbons (Fsp3) is 0.250. The fourth-order valence-electron chi connectivity index (χ4n) is 3.85. The van der Waals surface area contributed by atoms with Gasteiger partial charge in [0.1, 0.15) is 0 Å². The first kappa shape index (κ1) is 19.4. The second-order valence-corrected chi connectivity index (χ2v) is 8.20. The van der Waals surface area contributed by atoms with Crippen LogP contribution in [0.3, 0.4) is 0 Å². The SMILES string of the molecule is CCN(Cc1ccccc1)C(=O)C[C@H](c1cccs1)N1Cc2ccccc2C1=O. The molecule has 4 nitrogen and oxygen atoms in total. The Bertz CT molecular complexity index is 985. The largest absolute Gasteiger partial charge is 0.339 e. The zero-order chi connectivity index (χ0) is 20.2. The summed E-state index contributed by atoms with van der Waals surface area (Å²) in [5.74, 6) is 0.0800. The van der Waals surface area contributed by atoms with Gasteiger partial charge >= 0.3 is 0 Å². The summed E-state index contributed by atoms with van der Waals surface area (Å²) in [5.41, 5.74) is 2.89. The highest BCUT2D eigenvalue weighted by Gasteiger charge is 2.35. The number of carbonyl (C=O) groups is 2. The van der Waals surface area contributed by atoms with Gasteiger partial charge in [0.05, 0.1) is 12.5 Å². The van der Waals surface area contributed by atoms with Crippen LogP contribution in [0.15, 0.2) is 72.1 Å². The van der Waals surface area contributed by atoms with Crippen molar-refractivity contribution in [3.8, 4) is 0 Å². The maximum Gasteiger partial charge on any atom is 0.255 e. The van der Waals surface area contributed by atoms with E-state index in [4.69, 9.17) is 0 Å². The van der Waals surface area contributed by atoms with E-state index in [1.165, 1.54) is 0 Å². The molecule has 2 amide bonds. The molecule has 0 saturated carbocycles. The molecule has 0 bridgehead atoms. The van der Waals surface area contributed by atoms with Crippen molar-refractivity contribution in [1.29, 1.82) is 0 Å². The Hall–Kier alpha value is -2.92. The summed E-state index contributed by atoms with van der Waals surface area (Å²) >= 11 is 1.60. The van der Waals surface area contributed by atoms with Crippen LogP contribution in [0.5, 0.6) is 0 Å². The molecule has 3 aromatic rings. The predicted octanol–water partition coefficient (Wildman–Crippen LogP) is 4.88. The lowest BCUT2D eigenvalue weighted by Crippen LogP contribution is -2.36. The van der Waals surface area contributed by atoms with Crippen molar-refractivity contribution in [3.05, 3.63) is 93.7 Å². The van der Waals surface area contributed by atoms with E-state index in [0.29, 0.717) is 26.1 Å². The summed E-state index contributed by atoms with van der Waals surface area (Å²) in [6, 6.07) is 21.5. The van der Waals surface area contributed by atoms with E-state index in [2.05, 4.69) is 0 Å². The van der Waals surface area contributed by atoms with Crippen molar-refractivity contribution in [2.24, 2.45) is 0 Å². The van der Waals surface area contributed by atoms with Gasteiger partial charge in [0.25, 0.3) is 5.91 Å². The van der Waals surface area contributed by atoms with Crippen LogP contribution >= 0.6 is 11.3 Å². The minimum atomic E-state index is -0.243. The highest BCUT2D eigenvalue weighted by molar-refractivity contribution is 7.10. The third kappa shape index (κ3) is 4.10. The normalized spacial score (nSPS) is 14.0. The van der Waals surface area contributed by atoms with E-state index >= 15 is 0 Å². The number of thiophene rings is 1. The number of hydrogen-bond donors (Lipinski definition) is 0. The molecule has 1 aliphatic heterocycles. The number of hydrogen-bond acceptors (Lipinski definition) is 3. The van der Waals surface area contributed by atoms with Crippen LogP contribution in [-0.2, 0) is 17.9 Å². The molecule has 0 unspecified atom stereocenters. The highest BCUT2D eigenvalue weighted by Crippen LogP contribution is 2.35. The molecule has 2 aromatic carbocycles. The fourth-order valence-corrected chi connectivity index (χ4v) is 4.69. The van der Waals surface area contributed by atoms with E-state index in [9.17, 15) is 9.59 Å². The van der Waals surface area contributed by atoms with Gasteiger partial charge in [0, 0.05) is 30.1 Å². The molecular weight excluding hydrogens is 380 g/mol. The molecule has 0 spiro atoms. The van der Waals surface area contributed by atoms with Crippen LogP contribution < -0.4 is 0 Å². The Balaban J connectivity index is 1.55. The minimum absolute atomic E-state index is 0.0120. The second kappa shape index (κ2) is 8.62. The molecule has 2 heterocycles. The maximum absolute atomic E-state index is 13.2. The van der Waals surface area contributed by atoms with Gasteiger partial charge in [0.15, 0.2) is 0 Å². The quantitative estimate of drug-likeness (QED) is 0.563. The predicted molar refractivity (Wildman–Crippen MR) is 116 cm³/mol. The summed E-state index contributed by atoms with van der Waals surface area (Å²) in [7, 11) is 0. The Kier molecular flexibility index (Phi) is 5.76. The monoisotopic (exact) mass is 404 g/mol. The van der Waals surface area contributed by atoms with Gasteiger partial charge in [-0.1, -0.05) is 54.6 Å². The first-order valence-corrected chi connectivity index (χ1v) is 10.8. The number of carbonyl (C=O) groups excluding carboxylic acids is 2. The molecule has 0 aliphatic carbocycles. The average Bonchev–Trinajstić information content (AvgIpc) is 3.40. The van der Waals surface area contributed by atoms with E-state index in [1.54, 1.807) is 11.3 Å². The molecule has 1 aromatic heterocycles. The Labute approximate surface area is 175 Å². The molecule has 0 saturated heterocycles. The van der Waals surface area contributed by atoms with Crippen molar-refractivity contribution in [2.75, 3.05) is 6.54 Å². The van der Waals surface area contributed by atoms with Crippen LogP contribution in [0.1, 0.15) is 45.7 Å². The second-order valence-electron chi connectivity index (χ2n) is 7.22. The molecular formula is C24H24N2O2S. The minimum Gasteiger partial charge on any atom is -0.339 e. The van der Waals surface area contributed by atoms with Gasteiger partial charge in [-0.2, -0.15) is 0 Å². The van der Waals surface area contributed by atoms with Gasteiger partial charge in [-0.25, -0.2) is 0 Å². The molecule has 0 fully saturated rings. The number of benzene rings is 2. The third-order valence-electron chi connectivity index (χ3n) is 5.42. The van der Waals surface area contributed by atoms with Crippen LogP contribution in [0.2, 0.25) is 0 Å². The maximum atomic E-state index is 13.2. The van der Waals surface area contributed by atoms with Crippen molar-refractivity contribution in [2.45, 2.75) is 32.5 Å². The van der Waals surface area contributed by atoms with Crippen molar-refractivity contribution < 1.29 is 9.59 Å².